The number of amidine groups is 1. The van der Waals surface area contributed by atoms with Crippen LogP contribution in [0.25, 0.3) is 0 Å². The van der Waals surface area contributed by atoms with Gasteiger partial charge in [-0.05, 0) is 32.4 Å². The number of aliphatic imine (C=N–C) groups is 1. The van der Waals surface area contributed by atoms with Gasteiger partial charge in [-0.1, -0.05) is 0 Å². The first-order valence-electron chi connectivity index (χ1n) is 6.92. The van der Waals surface area contributed by atoms with Crippen LogP contribution in [0.2, 0.25) is 0 Å². The van der Waals surface area contributed by atoms with Crippen LogP contribution in [-0.4, -0.2) is 71.9 Å². The third kappa shape index (κ3) is 3.13. The van der Waals surface area contributed by atoms with Crippen molar-refractivity contribution in [2.45, 2.75) is 37.4 Å². The molecule has 2 atom stereocenters. The van der Waals surface area contributed by atoms with Gasteiger partial charge in [-0.15, -0.1) is 0 Å². The Bertz CT molecular complexity index is 577. The SMILES string of the molecule is O=C1[C@@H]2[C@@H](CCN2C([O-])=NC2CCNCC2)N1S(=O)(=O)O.[Na+]. The monoisotopic (exact) mass is 340 g/mol. The van der Waals surface area contributed by atoms with Crippen LogP contribution >= 0.6 is 0 Å². The second-order valence-corrected chi connectivity index (χ2v) is 6.79. The van der Waals surface area contributed by atoms with Crippen LogP contribution < -0.4 is 40.0 Å². The molecule has 0 aliphatic carbocycles. The van der Waals surface area contributed by atoms with E-state index in [0.29, 0.717) is 10.7 Å². The van der Waals surface area contributed by atoms with Gasteiger partial charge >= 0.3 is 39.9 Å². The third-order valence-corrected chi connectivity index (χ3v) is 5.18. The van der Waals surface area contributed by atoms with E-state index in [2.05, 4.69) is 10.3 Å². The van der Waals surface area contributed by atoms with Gasteiger partial charge in [-0.25, -0.2) is 4.31 Å². The Morgan fingerprint density at radius 2 is 1.95 bits per heavy atom. The van der Waals surface area contributed by atoms with Gasteiger partial charge in [0.1, 0.15) is 6.04 Å². The predicted molar refractivity (Wildman–Crippen MR) is 70.6 cm³/mol. The van der Waals surface area contributed by atoms with Crippen molar-refractivity contribution in [3.8, 4) is 0 Å². The summed E-state index contributed by atoms with van der Waals surface area (Å²) < 4.78 is 31.6. The molecule has 0 unspecified atom stereocenters. The number of amides is 1. The number of likely N-dealkylation sites (tertiary alicyclic amines) is 1. The second kappa shape index (κ2) is 6.62. The van der Waals surface area contributed by atoms with Crippen LogP contribution in [0.4, 0.5) is 0 Å². The van der Waals surface area contributed by atoms with Crippen LogP contribution in [-0.2, 0) is 15.1 Å². The Kier molecular flexibility index (Phi) is 5.40. The number of piperidine rings is 1. The number of hydrogen-bond acceptors (Lipinski definition) is 6. The summed E-state index contributed by atoms with van der Waals surface area (Å²) in [4.78, 5) is 17.3. The van der Waals surface area contributed by atoms with Gasteiger partial charge in [0, 0.05) is 6.54 Å². The molecule has 0 aromatic carbocycles. The van der Waals surface area contributed by atoms with Crippen LogP contribution in [0.3, 0.4) is 0 Å². The summed E-state index contributed by atoms with van der Waals surface area (Å²) in [5.41, 5.74) is 0. The molecular formula is C11H17N4NaO5S. The molecule has 0 radical (unpaired) electrons. The van der Waals surface area contributed by atoms with Crippen molar-refractivity contribution in [1.29, 1.82) is 0 Å². The number of carbonyl (C=O) groups is 1. The minimum atomic E-state index is -4.54. The zero-order valence-corrected chi connectivity index (χ0v) is 15.1. The van der Waals surface area contributed by atoms with E-state index in [1.165, 1.54) is 4.90 Å². The van der Waals surface area contributed by atoms with E-state index in [9.17, 15) is 18.3 Å². The van der Waals surface area contributed by atoms with Crippen molar-refractivity contribution in [2.24, 2.45) is 4.99 Å². The van der Waals surface area contributed by atoms with Gasteiger partial charge in [0.05, 0.1) is 18.1 Å². The zero-order valence-electron chi connectivity index (χ0n) is 12.3. The number of carbonyl (C=O) groups excluding carboxylic acids is 1. The van der Waals surface area contributed by atoms with E-state index in [-0.39, 0.29) is 42.1 Å². The first-order chi connectivity index (χ1) is 9.89. The Morgan fingerprint density at radius 1 is 1.32 bits per heavy atom. The van der Waals surface area contributed by atoms with E-state index in [4.69, 9.17) is 4.55 Å². The molecule has 0 bridgehead atoms. The van der Waals surface area contributed by atoms with Crippen molar-refractivity contribution in [3.05, 3.63) is 0 Å². The van der Waals surface area contributed by atoms with Crippen molar-refractivity contribution in [1.82, 2.24) is 14.5 Å². The molecule has 11 heteroatoms. The summed E-state index contributed by atoms with van der Waals surface area (Å²) in [6.45, 7) is 1.90. The second-order valence-electron chi connectivity index (χ2n) is 5.50. The van der Waals surface area contributed by atoms with Crippen molar-refractivity contribution < 1.29 is 52.4 Å². The fraction of sp³-hybridized carbons (Fsp3) is 0.818. The Morgan fingerprint density at radius 3 is 2.55 bits per heavy atom. The van der Waals surface area contributed by atoms with E-state index >= 15 is 0 Å². The smallest absolute Gasteiger partial charge is 0.846 e. The molecule has 1 amide bonds. The number of nitrogens with one attached hydrogen (secondary N) is 1. The molecule has 3 aliphatic rings. The summed E-state index contributed by atoms with van der Waals surface area (Å²) in [5.74, 6) is -0.756. The maximum absolute atomic E-state index is 12.2. The van der Waals surface area contributed by atoms with Crippen molar-refractivity contribution >= 4 is 22.2 Å². The van der Waals surface area contributed by atoms with Crippen molar-refractivity contribution in [2.75, 3.05) is 19.6 Å². The fourth-order valence-electron chi connectivity index (χ4n) is 3.20. The molecule has 0 saturated carbocycles. The van der Waals surface area contributed by atoms with Crippen LogP contribution in [0.5, 0.6) is 0 Å². The molecule has 118 valence electrons. The number of hydrogen-bond donors (Lipinski definition) is 2. The van der Waals surface area contributed by atoms with Crippen LogP contribution in [0.15, 0.2) is 4.99 Å². The third-order valence-electron chi connectivity index (χ3n) is 4.23. The molecule has 3 aliphatic heterocycles. The minimum Gasteiger partial charge on any atom is -0.846 e. The van der Waals surface area contributed by atoms with Gasteiger partial charge in [0.15, 0.2) is 0 Å². The predicted octanol–water partition coefficient (Wildman–Crippen LogP) is -5.45. The maximum atomic E-state index is 12.2. The maximum Gasteiger partial charge on any atom is 1.00 e. The standard InChI is InChI=1S/C11H18N4O5S.Na/c16-10-9-8(15(10)21(18,19)20)3-6-14(9)11(17)13-7-1-4-12-5-2-7;/h7-9,12H,1-6H2,(H,13,17)(H,18,19,20);/q;+1/p-1/t8-,9+;/m1./s1. The molecule has 3 saturated heterocycles. The molecule has 3 heterocycles. The van der Waals surface area contributed by atoms with Crippen LogP contribution in [0.1, 0.15) is 19.3 Å². The molecule has 3 rings (SSSR count). The number of fused-ring (bicyclic) bond motifs is 1. The van der Waals surface area contributed by atoms with Gasteiger partial charge in [0.25, 0.3) is 5.91 Å². The fourth-order valence-corrected chi connectivity index (χ4v) is 4.09. The Labute approximate surface area is 150 Å². The van der Waals surface area contributed by atoms with Crippen LogP contribution in [0, 0.1) is 0 Å². The van der Waals surface area contributed by atoms with Gasteiger partial charge in [0.2, 0.25) is 0 Å². The Balaban J connectivity index is 0.00000176. The van der Waals surface area contributed by atoms with E-state index in [0.717, 1.165) is 25.9 Å². The molecule has 2 N–H and O–H groups in total. The summed E-state index contributed by atoms with van der Waals surface area (Å²) in [6.07, 6.45) is 1.89. The average Bonchev–Trinajstić information content (AvgIpc) is 2.77. The molecule has 3 fully saturated rings. The molecule has 9 nitrogen and oxygen atoms in total. The molecular weight excluding hydrogens is 323 g/mol. The summed E-state index contributed by atoms with van der Waals surface area (Å²) in [6, 6.07) is -1.96. The van der Waals surface area contributed by atoms with E-state index in [1.54, 1.807) is 0 Å². The molecule has 22 heavy (non-hydrogen) atoms. The summed E-state index contributed by atoms with van der Waals surface area (Å²) in [7, 11) is -4.54. The first kappa shape index (κ1) is 18.0. The first-order valence-corrected chi connectivity index (χ1v) is 8.32. The van der Waals surface area contributed by atoms with E-state index in [1.807, 2.05) is 0 Å². The Hall–Kier alpha value is -0.390. The average molecular weight is 340 g/mol. The zero-order chi connectivity index (χ0) is 15.2. The summed E-state index contributed by atoms with van der Waals surface area (Å²) in [5, 5.41) is 15.3. The molecule has 0 aromatic rings. The van der Waals surface area contributed by atoms with Crippen molar-refractivity contribution in [3.63, 3.8) is 0 Å². The topological polar surface area (TPSA) is 125 Å². The van der Waals surface area contributed by atoms with Gasteiger partial charge in [-0.3, -0.25) is 14.3 Å². The summed E-state index contributed by atoms with van der Waals surface area (Å²) >= 11 is 0. The quantitative estimate of drug-likeness (QED) is 0.169. The van der Waals surface area contributed by atoms with Gasteiger partial charge < -0.3 is 15.3 Å². The molecule has 0 spiro atoms. The normalized spacial score (nSPS) is 29.9. The van der Waals surface area contributed by atoms with E-state index < -0.39 is 34.3 Å². The number of nitrogens with zero attached hydrogens (tertiary/aromatic N) is 3. The number of β-lactam (4-membered cyclic amide) rings is 1. The number of rotatable bonds is 2. The minimum absolute atomic E-state index is 0. The van der Waals surface area contributed by atoms with Gasteiger partial charge in [-0.2, -0.15) is 8.42 Å². The largest absolute Gasteiger partial charge is 1.00 e. The molecule has 0 aromatic heterocycles.